The molecule has 1 aliphatic heterocycles. The van der Waals surface area contributed by atoms with Gasteiger partial charge in [0, 0.05) is 27.9 Å². The van der Waals surface area contributed by atoms with Crippen LogP contribution < -0.4 is 10.4 Å². The maximum absolute atomic E-state index is 6.48. The Morgan fingerprint density at radius 3 is 1.22 bits per heavy atom. The van der Waals surface area contributed by atoms with E-state index in [2.05, 4.69) is 169 Å². The average molecular weight is 716 g/mol. The topological polar surface area (TPSA) is 21.7 Å². The van der Waals surface area contributed by atoms with E-state index in [1.54, 1.807) is 0 Å². The van der Waals surface area contributed by atoms with Crippen molar-refractivity contribution in [2.24, 2.45) is 0 Å². The fourth-order valence-corrected chi connectivity index (χ4v) is 10.4. The van der Waals surface area contributed by atoms with E-state index in [0.717, 1.165) is 62.5 Å². The Labute approximate surface area is 325 Å². The number of nitrogens with zero attached hydrogens (tertiary/aromatic N) is 1. The van der Waals surface area contributed by atoms with Gasteiger partial charge in [0.25, 0.3) is 0 Å². The summed E-state index contributed by atoms with van der Waals surface area (Å²) >= 11 is 0. The summed E-state index contributed by atoms with van der Waals surface area (Å²) < 4.78 is 13.0. The van der Waals surface area contributed by atoms with Crippen molar-refractivity contribution in [2.75, 3.05) is 4.90 Å². The Bertz CT molecular complexity index is 2020. The number of rotatable bonds is 12. The summed E-state index contributed by atoms with van der Waals surface area (Å²) in [7, 11) is -0.401. The first-order valence-corrected chi connectivity index (χ1v) is 20.8. The van der Waals surface area contributed by atoms with Gasteiger partial charge < -0.3 is 14.2 Å². The van der Waals surface area contributed by atoms with Gasteiger partial charge in [-0.1, -0.05) is 126 Å². The molecule has 0 N–H and O–H groups in total. The van der Waals surface area contributed by atoms with E-state index >= 15 is 0 Å². The molecule has 278 valence electrons. The lowest BCUT2D eigenvalue weighted by atomic mass is 9.71. The average Bonchev–Trinajstić information content (AvgIpc) is 3.68. The molecule has 5 aromatic carbocycles. The van der Waals surface area contributed by atoms with Gasteiger partial charge >= 0.3 is 7.12 Å². The van der Waals surface area contributed by atoms with Crippen LogP contribution in [0.4, 0.5) is 17.1 Å². The molecule has 0 radical (unpaired) electrons. The minimum atomic E-state index is -0.401. The summed E-state index contributed by atoms with van der Waals surface area (Å²) in [6.07, 6.45) is 9.15. The smallest absolute Gasteiger partial charge is 0.399 e. The molecule has 4 heteroatoms. The molecule has 0 spiro atoms. The first-order valence-electron chi connectivity index (χ1n) is 20.8. The molecule has 1 fully saturated rings. The van der Waals surface area contributed by atoms with Crippen molar-refractivity contribution in [3.63, 3.8) is 0 Å². The number of anilines is 3. The summed E-state index contributed by atoms with van der Waals surface area (Å²) in [5, 5.41) is 0. The molecule has 5 aromatic rings. The molecule has 1 heterocycles. The van der Waals surface area contributed by atoms with Crippen LogP contribution in [0.5, 0.6) is 0 Å². The molecule has 54 heavy (non-hydrogen) atoms. The Kier molecular flexibility index (Phi) is 9.47. The van der Waals surface area contributed by atoms with Gasteiger partial charge in [0.05, 0.1) is 11.2 Å². The minimum absolute atomic E-state index is 0.00864. The first kappa shape index (κ1) is 36.8. The van der Waals surface area contributed by atoms with E-state index < -0.39 is 7.12 Å². The highest BCUT2D eigenvalue weighted by molar-refractivity contribution is 6.62. The summed E-state index contributed by atoms with van der Waals surface area (Å²) in [4.78, 5) is 2.51. The Hall–Kier alpha value is -4.12. The van der Waals surface area contributed by atoms with Gasteiger partial charge in [-0.15, -0.1) is 0 Å². The zero-order valence-electron chi connectivity index (χ0n) is 33.9. The lowest BCUT2D eigenvalue weighted by Gasteiger charge is -2.34. The van der Waals surface area contributed by atoms with E-state index in [0.29, 0.717) is 0 Å². The Morgan fingerprint density at radius 2 is 0.815 bits per heavy atom. The van der Waals surface area contributed by atoms with Crippen molar-refractivity contribution in [2.45, 2.75) is 129 Å². The molecule has 3 nitrogen and oxygen atoms in total. The third kappa shape index (κ3) is 5.62. The Morgan fingerprint density at radius 1 is 0.444 bits per heavy atom. The molecule has 0 aromatic heterocycles. The van der Waals surface area contributed by atoms with Crippen molar-refractivity contribution in [3.8, 4) is 22.3 Å². The van der Waals surface area contributed by atoms with Crippen LogP contribution in [-0.4, -0.2) is 18.3 Å². The molecular weight excluding hydrogens is 657 g/mol. The number of fused-ring (bicyclic) bond motifs is 6. The maximum atomic E-state index is 6.48. The maximum Gasteiger partial charge on any atom is 0.494 e. The van der Waals surface area contributed by atoms with Gasteiger partial charge in [0.2, 0.25) is 0 Å². The quantitative estimate of drug-likeness (QED) is 0.120. The fourth-order valence-electron chi connectivity index (χ4n) is 10.4. The molecule has 0 unspecified atom stereocenters. The highest BCUT2D eigenvalue weighted by Gasteiger charge is 2.52. The number of hydrogen-bond donors (Lipinski definition) is 0. The van der Waals surface area contributed by atoms with Gasteiger partial charge in [-0.2, -0.15) is 0 Å². The van der Waals surface area contributed by atoms with Crippen LogP contribution in [0.3, 0.4) is 0 Å². The largest absolute Gasteiger partial charge is 0.494 e. The van der Waals surface area contributed by atoms with Gasteiger partial charge in [-0.25, -0.2) is 0 Å². The summed E-state index contributed by atoms with van der Waals surface area (Å²) in [5.41, 5.74) is 15.4. The Balaban J connectivity index is 1.31. The lowest BCUT2D eigenvalue weighted by molar-refractivity contribution is 0.00578. The second-order valence-corrected chi connectivity index (χ2v) is 17.2. The van der Waals surface area contributed by atoms with Crippen LogP contribution in [0.15, 0.2) is 109 Å². The minimum Gasteiger partial charge on any atom is -0.399 e. The van der Waals surface area contributed by atoms with Crippen molar-refractivity contribution >= 4 is 29.6 Å². The van der Waals surface area contributed by atoms with E-state index in [1.807, 2.05) is 0 Å². The molecule has 0 saturated carbocycles. The van der Waals surface area contributed by atoms with Crippen molar-refractivity contribution < 1.29 is 9.31 Å². The number of benzene rings is 5. The summed E-state index contributed by atoms with van der Waals surface area (Å²) in [6.45, 7) is 17.9. The number of hydrogen-bond acceptors (Lipinski definition) is 3. The van der Waals surface area contributed by atoms with E-state index in [4.69, 9.17) is 9.31 Å². The van der Waals surface area contributed by atoms with Crippen LogP contribution >= 0.6 is 0 Å². The molecular formula is C50H58BNO2. The summed E-state index contributed by atoms with van der Waals surface area (Å²) in [5.74, 6) is 0. The second kappa shape index (κ2) is 13.9. The predicted octanol–water partition coefficient (Wildman–Crippen LogP) is 13.2. The van der Waals surface area contributed by atoms with Gasteiger partial charge in [-0.05, 0) is 140 Å². The zero-order chi connectivity index (χ0) is 37.9. The van der Waals surface area contributed by atoms with Gasteiger partial charge in [-0.3, -0.25) is 0 Å². The molecule has 2 aliphatic carbocycles. The summed E-state index contributed by atoms with van der Waals surface area (Å²) in [6, 6.07) is 41.9. The zero-order valence-corrected chi connectivity index (χ0v) is 33.9. The lowest BCUT2D eigenvalue weighted by Crippen LogP contribution is -2.41. The molecule has 3 aliphatic rings. The van der Waals surface area contributed by atoms with Crippen LogP contribution in [0.25, 0.3) is 22.3 Å². The van der Waals surface area contributed by atoms with Crippen LogP contribution in [-0.2, 0) is 20.1 Å². The highest BCUT2D eigenvalue weighted by Crippen LogP contribution is 2.57. The van der Waals surface area contributed by atoms with E-state index in [1.165, 1.54) is 55.9 Å². The molecule has 0 atom stereocenters. The molecule has 0 bridgehead atoms. The van der Waals surface area contributed by atoms with E-state index in [-0.39, 0.29) is 22.0 Å². The first-order chi connectivity index (χ1) is 26.0. The predicted molar refractivity (Wildman–Crippen MR) is 229 cm³/mol. The second-order valence-electron chi connectivity index (χ2n) is 17.2. The van der Waals surface area contributed by atoms with Crippen LogP contribution in [0.2, 0.25) is 0 Å². The molecule has 8 rings (SSSR count). The van der Waals surface area contributed by atoms with Crippen LogP contribution in [0, 0.1) is 0 Å². The fraction of sp³-hybridized carbons (Fsp3) is 0.400. The van der Waals surface area contributed by atoms with Crippen molar-refractivity contribution in [1.82, 2.24) is 0 Å². The SMILES string of the molecule is CCCC1(CCC)c2ccccc2-c2ccc(N(c3ccc(B4OC(C)(C)C(C)(C)O4)cc3)c3ccc4c(c3)C(CCC)(CCC)c3ccccc3-4)cc21. The van der Waals surface area contributed by atoms with Gasteiger partial charge in [0.15, 0.2) is 0 Å². The third-order valence-electron chi connectivity index (χ3n) is 13.4. The van der Waals surface area contributed by atoms with Gasteiger partial charge in [0.1, 0.15) is 0 Å². The van der Waals surface area contributed by atoms with Crippen molar-refractivity contribution in [3.05, 3.63) is 131 Å². The third-order valence-corrected chi connectivity index (χ3v) is 13.4. The standard InChI is InChI=1S/C50H58BNO2/c1-9-29-49(30-10-2)43-19-15-13-17-39(43)41-27-25-37(33-45(41)49)52(36-23-21-35(22-24-36)51-53-47(5,6)48(7,8)54-51)38-26-28-42-40-18-14-16-20-44(40)50(31-11-3,32-12-4)46(42)34-38/h13-28,33-34H,9-12,29-32H2,1-8H3. The van der Waals surface area contributed by atoms with Crippen LogP contribution in [0.1, 0.15) is 129 Å². The van der Waals surface area contributed by atoms with Crippen molar-refractivity contribution in [1.29, 1.82) is 0 Å². The normalized spacial score (nSPS) is 17.9. The van der Waals surface area contributed by atoms with E-state index in [9.17, 15) is 0 Å². The monoisotopic (exact) mass is 715 g/mol. The molecule has 1 saturated heterocycles. The molecule has 0 amide bonds. The highest BCUT2D eigenvalue weighted by atomic mass is 16.7.